The van der Waals surface area contributed by atoms with Gasteiger partial charge in [-0.25, -0.2) is 4.98 Å². The molecule has 0 saturated heterocycles. The molecule has 0 saturated carbocycles. The first-order chi connectivity index (χ1) is 7.15. The molecule has 0 spiro atoms. The summed E-state index contributed by atoms with van der Waals surface area (Å²) in [4.78, 5) is 4.26. The van der Waals surface area contributed by atoms with E-state index >= 15 is 0 Å². The lowest BCUT2D eigenvalue weighted by Gasteiger charge is -2.32. The number of halogens is 1. The molecule has 0 fully saturated rings. The van der Waals surface area contributed by atoms with Gasteiger partial charge in [0, 0.05) is 11.7 Å². The average molecular weight is 227 g/mol. The van der Waals surface area contributed by atoms with Crippen LogP contribution in [-0.4, -0.2) is 10.5 Å². The van der Waals surface area contributed by atoms with E-state index in [1.807, 2.05) is 12.1 Å². The zero-order chi connectivity index (χ0) is 11.3. The maximum absolute atomic E-state index is 5.79. The van der Waals surface area contributed by atoms with Crippen molar-refractivity contribution in [1.29, 1.82) is 0 Å². The molecule has 3 heteroatoms. The van der Waals surface area contributed by atoms with Crippen LogP contribution in [0.25, 0.3) is 0 Å². The summed E-state index contributed by atoms with van der Waals surface area (Å²) in [6, 6.07) is 3.79. The molecule has 0 aliphatic rings. The summed E-state index contributed by atoms with van der Waals surface area (Å²) in [6.45, 7) is 6.61. The third-order valence-electron chi connectivity index (χ3n) is 3.15. The number of aromatic nitrogens is 1. The Morgan fingerprint density at radius 1 is 1.20 bits per heavy atom. The Balaban J connectivity index is 2.78. The summed E-state index contributed by atoms with van der Waals surface area (Å²) in [6.07, 6.45) is 4.98. The van der Waals surface area contributed by atoms with Crippen LogP contribution in [-0.2, 0) is 0 Å². The topological polar surface area (TPSA) is 24.9 Å². The molecular weight excluding hydrogens is 208 g/mol. The Morgan fingerprint density at radius 2 is 1.80 bits per heavy atom. The van der Waals surface area contributed by atoms with Gasteiger partial charge in [-0.05, 0) is 31.4 Å². The predicted octanol–water partition coefficient (Wildman–Crippen LogP) is 4.12. The smallest absolute Gasteiger partial charge is 0.126 e. The van der Waals surface area contributed by atoms with Gasteiger partial charge in [0.1, 0.15) is 5.82 Å². The maximum atomic E-state index is 5.79. The number of hydrogen-bond donors (Lipinski definition) is 1. The summed E-state index contributed by atoms with van der Waals surface area (Å²) >= 11 is 5.79. The molecule has 1 N–H and O–H groups in total. The van der Waals surface area contributed by atoms with Gasteiger partial charge in [0.15, 0.2) is 0 Å². The molecule has 0 aromatic carbocycles. The minimum absolute atomic E-state index is 0.167. The SMILES string of the molecule is CCC(CC)(CC)Nc1ccc(Cl)cn1. The molecule has 1 aromatic heterocycles. The van der Waals surface area contributed by atoms with Crippen LogP contribution >= 0.6 is 11.6 Å². The van der Waals surface area contributed by atoms with Crippen molar-refractivity contribution < 1.29 is 0 Å². The van der Waals surface area contributed by atoms with E-state index in [-0.39, 0.29) is 5.54 Å². The summed E-state index contributed by atoms with van der Waals surface area (Å²) in [5.74, 6) is 0.907. The first kappa shape index (κ1) is 12.3. The van der Waals surface area contributed by atoms with E-state index in [1.54, 1.807) is 6.20 Å². The second-order valence-corrected chi connectivity index (χ2v) is 4.26. The fraction of sp³-hybridized carbons (Fsp3) is 0.583. The lowest BCUT2D eigenvalue weighted by atomic mass is 9.90. The number of anilines is 1. The van der Waals surface area contributed by atoms with Crippen molar-refractivity contribution in [2.45, 2.75) is 45.6 Å². The van der Waals surface area contributed by atoms with Gasteiger partial charge in [-0.3, -0.25) is 0 Å². The van der Waals surface area contributed by atoms with Gasteiger partial charge in [0.05, 0.1) is 5.02 Å². The van der Waals surface area contributed by atoms with Crippen molar-refractivity contribution in [3.8, 4) is 0 Å². The van der Waals surface area contributed by atoms with Crippen molar-refractivity contribution in [3.05, 3.63) is 23.4 Å². The van der Waals surface area contributed by atoms with Crippen LogP contribution in [0.3, 0.4) is 0 Å². The lowest BCUT2D eigenvalue weighted by Crippen LogP contribution is -2.36. The molecule has 15 heavy (non-hydrogen) atoms. The Labute approximate surface area is 97.1 Å². The second-order valence-electron chi connectivity index (χ2n) is 3.83. The molecule has 1 rings (SSSR count). The Bertz CT molecular complexity index is 283. The highest BCUT2D eigenvalue weighted by Gasteiger charge is 2.23. The van der Waals surface area contributed by atoms with Gasteiger partial charge in [0.25, 0.3) is 0 Å². The minimum atomic E-state index is 0.167. The molecular formula is C12H19ClN2. The Kier molecular flexibility index (Phi) is 4.40. The molecule has 0 atom stereocenters. The van der Waals surface area contributed by atoms with E-state index in [9.17, 15) is 0 Å². The molecule has 0 radical (unpaired) electrons. The van der Waals surface area contributed by atoms with E-state index in [4.69, 9.17) is 11.6 Å². The van der Waals surface area contributed by atoms with Gasteiger partial charge >= 0.3 is 0 Å². The number of rotatable bonds is 5. The van der Waals surface area contributed by atoms with E-state index < -0.39 is 0 Å². The van der Waals surface area contributed by atoms with Crippen molar-refractivity contribution in [2.75, 3.05) is 5.32 Å². The molecule has 2 nitrogen and oxygen atoms in total. The predicted molar refractivity (Wildman–Crippen MR) is 66.5 cm³/mol. The minimum Gasteiger partial charge on any atom is -0.365 e. The molecule has 0 unspecified atom stereocenters. The van der Waals surface area contributed by atoms with E-state index in [2.05, 4.69) is 31.1 Å². The van der Waals surface area contributed by atoms with Crippen molar-refractivity contribution in [2.24, 2.45) is 0 Å². The van der Waals surface area contributed by atoms with E-state index in [0.29, 0.717) is 5.02 Å². The first-order valence-corrected chi connectivity index (χ1v) is 5.93. The van der Waals surface area contributed by atoms with Gasteiger partial charge in [-0.15, -0.1) is 0 Å². The molecule has 0 bridgehead atoms. The van der Waals surface area contributed by atoms with Gasteiger partial charge in [0.2, 0.25) is 0 Å². The fourth-order valence-electron chi connectivity index (χ4n) is 1.74. The quantitative estimate of drug-likeness (QED) is 0.817. The summed E-state index contributed by atoms with van der Waals surface area (Å²) < 4.78 is 0. The highest BCUT2D eigenvalue weighted by atomic mass is 35.5. The van der Waals surface area contributed by atoms with Crippen LogP contribution in [0.15, 0.2) is 18.3 Å². The van der Waals surface area contributed by atoms with E-state index in [0.717, 1.165) is 25.1 Å². The summed E-state index contributed by atoms with van der Waals surface area (Å²) in [5.41, 5.74) is 0.167. The van der Waals surface area contributed by atoms with Crippen molar-refractivity contribution >= 4 is 17.4 Å². The van der Waals surface area contributed by atoms with Crippen molar-refractivity contribution in [1.82, 2.24) is 4.98 Å². The third kappa shape index (κ3) is 3.10. The van der Waals surface area contributed by atoms with Gasteiger partial charge < -0.3 is 5.32 Å². The lowest BCUT2D eigenvalue weighted by molar-refractivity contribution is 0.419. The number of nitrogens with zero attached hydrogens (tertiary/aromatic N) is 1. The molecule has 84 valence electrons. The van der Waals surface area contributed by atoms with Crippen LogP contribution in [0.5, 0.6) is 0 Å². The van der Waals surface area contributed by atoms with Gasteiger partial charge in [-0.2, -0.15) is 0 Å². The molecule has 1 aromatic rings. The number of pyridine rings is 1. The Morgan fingerprint density at radius 3 is 2.20 bits per heavy atom. The second kappa shape index (κ2) is 5.36. The Hall–Kier alpha value is -0.760. The van der Waals surface area contributed by atoms with E-state index in [1.165, 1.54) is 0 Å². The van der Waals surface area contributed by atoms with Gasteiger partial charge in [-0.1, -0.05) is 32.4 Å². The van der Waals surface area contributed by atoms with Crippen LogP contribution in [0.4, 0.5) is 5.82 Å². The average Bonchev–Trinajstić information content (AvgIpc) is 2.29. The highest BCUT2D eigenvalue weighted by molar-refractivity contribution is 6.30. The number of nitrogens with one attached hydrogen (secondary N) is 1. The van der Waals surface area contributed by atoms with Crippen LogP contribution < -0.4 is 5.32 Å². The summed E-state index contributed by atoms with van der Waals surface area (Å²) in [5, 5.41) is 4.18. The summed E-state index contributed by atoms with van der Waals surface area (Å²) in [7, 11) is 0. The zero-order valence-corrected chi connectivity index (χ0v) is 10.4. The standard InChI is InChI=1S/C12H19ClN2/c1-4-12(5-2,6-3)15-11-8-7-10(13)9-14-11/h7-9H,4-6H2,1-3H3,(H,14,15). The molecule has 1 heterocycles. The monoisotopic (exact) mass is 226 g/mol. The molecule has 0 aliphatic heterocycles. The molecule has 0 aliphatic carbocycles. The van der Waals surface area contributed by atoms with Crippen LogP contribution in [0.2, 0.25) is 5.02 Å². The van der Waals surface area contributed by atoms with Crippen molar-refractivity contribution in [3.63, 3.8) is 0 Å². The normalized spacial score (nSPS) is 11.5. The first-order valence-electron chi connectivity index (χ1n) is 5.55. The fourth-order valence-corrected chi connectivity index (χ4v) is 1.85. The molecule has 0 amide bonds. The van der Waals surface area contributed by atoms with Crippen LogP contribution in [0.1, 0.15) is 40.0 Å². The zero-order valence-electron chi connectivity index (χ0n) is 9.68. The van der Waals surface area contributed by atoms with Crippen LogP contribution in [0, 0.1) is 0 Å². The number of hydrogen-bond acceptors (Lipinski definition) is 2. The highest BCUT2D eigenvalue weighted by Crippen LogP contribution is 2.24. The maximum Gasteiger partial charge on any atom is 0.126 e. The largest absolute Gasteiger partial charge is 0.365 e. The third-order valence-corrected chi connectivity index (χ3v) is 3.37.